The average Bonchev–Trinajstić information content (AvgIpc) is 2.55. The summed E-state index contributed by atoms with van der Waals surface area (Å²) in [6.07, 6.45) is 3.49. The van der Waals surface area contributed by atoms with E-state index < -0.39 is 0 Å². The van der Waals surface area contributed by atoms with Crippen LogP contribution in [-0.2, 0) is 9.53 Å². The van der Waals surface area contributed by atoms with Gasteiger partial charge in [0.1, 0.15) is 0 Å². The maximum atomic E-state index is 11.4. The van der Waals surface area contributed by atoms with E-state index in [2.05, 4.69) is 15.9 Å². The number of alkyl halides is 1. The molecule has 3 fully saturated rings. The van der Waals surface area contributed by atoms with Gasteiger partial charge in [0.2, 0.25) is 0 Å². The van der Waals surface area contributed by atoms with Crippen molar-refractivity contribution >= 4 is 21.9 Å². The van der Waals surface area contributed by atoms with Crippen molar-refractivity contribution in [2.75, 3.05) is 12.4 Å². The number of rotatable bonds is 2. The molecule has 0 N–H and O–H groups in total. The molecule has 1 unspecified atom stereocenters. The lowest BCUT2D eigenvalue weighted by Crippen LogP contribution is -2.37. The summed E-state index contributed by atoms with van der Waals surface area (Å²) in [5.74, 6) is 0.966. The number of hydrogen-bond acceptors (Lipinski definition) is 2. The van der Waals surface area contributed by atoms with Gasteiger partial charge in [-0.05, 0) is 30.6 Å². The third-order valence-corrected chi connectivity index (χ3v) is 4.57. The fraction of sp³-hybridized carbons (Fsp3) is 0.889. The van der Waals surface area contributed by atoms with Crippen molar-refractivity contribution in [1.82, 2.24) is 0 Å². The minimum atomic E-state index is -0.00514. The lowest BCUT2D eigenvalue weighted by Gasteiger charge is -2.39. The number of fused-ring (bicyclic) bond motifs is 1. The maximum Gasteiger partial charge on any atom is 0.309 e. The van der Waals surface area contributed by atoms with Gasteiger partial charge in [0.05, 0.1) is 13.0 Å². The molecule has 2 bridgehead atoms. The van der Waals surface area contributed by atoms with Gasteiger partial charge < -0.3 is 4.74 Å². The summed E-state index contributed by atoms with van der Waals surface area (Å²) >= 11 is 3.50. The zero-order chi connectivity index (χ0) is 8.77. The Kier molecular flexibility index (Phi) is 1.94. The van der Waals surface area contributed by atoms with E-state index in [0.29, 0.717) is 0 Å². The summed E-state index contributed by atoms with van der Waals surface area (Å²) in [6, 6.07) is 0. The molecule has 0 radical (unpaired) electrons. The molecule has 3 heteroatoms. The Morgan fingerprint density at radius 2 is 2.33 bits per heavy atom. The first-order valence-electron chi connectivity index (χ1n) is 4.35. The van der Waals surface area contributed by atoms with Crippen LogP contribution in [0.2, 0.25) is 0 Å². The predicted molar refractivity (Wildman–Crippen MR) is 49.1 cm³/mol. The Bertz CT molecular complexity index is 209. The van der Waals surface area contributed by atoms with Gasteiger partial charge in [-0.15, -0.1) is 0 Å². The molecule has 0 amide bonds. The second-order valence-corrected chi connectivity index (χ2v) is 4.64. The van der Waals surface area contributed by atoms with Gasteiger partial charge in [0.15, 0.2) is 0 Å². The van der Waals surface area contributed by atoms with Crippen molar-refractivity contribution in [3.63, 3.8) is 0 Å². The van der Waals surface area contributed by atoms with Crippen molar-refractivity contribution in [1.29, 1.82) is 0 Å². The van der Waals surface area contributed by atoms with Crippen LogP contribution in [-0.4, -0.2) is 18.4 Å². The smallest absolute Gasteiger partial charge is 0.309 e. The molecule has 0 aliphatic heterocycles. The van der Waals surface area contributed by atoms with Crippen molar-refractivity contribution in [3.8, 4) is 0 Å². The molecule has 3 rings (SSSR count). The van der Waals surface area contributed by atoms with Crippen LogP contribution >= 0.6 is 15.9 Å². The molecular formula is C9H13BrO2. The first kappa shape index (κ1) is 8.54. The van der Waals surface area contributed by atoms with Gasteiger partial charge in [-0.1, -0.05) is 15.9 Å². The molecule has 3 aliphatic rings. The zero-order valence-electron chi connectivity index (χ0n) is 7.18. The fourth-order valence-electron chi connectivity index (χ4n) is 2.82. The minimum absolute atomic E-state index is 0.00514. The Morgan fingerprint density at radius 3 is 2.83 bits per heavy atom. The third-order valence-electron chi connectivity index (χ3n) is 3.45. The largest absolute Gasteiger partial charge is 0.469 e. The molecule has 12 heavy (non-hydrogen) atoms. The highest BCUT2D eigenvalue weighted by Crippen LogP contribution is 2.63. The van der Waals surface area contributed by atoms with Crippen molar-refractivity contribution in [2.24, 2.45) is 17.3 Å². The molecule has 0 spiro atoms. The molecule has 3 aliphatic carbocycles. The number of hydrogen-bond donors (Lipinski definition) is 0. The van der Waals surface area contributed by atoms with E-state index in [-0.39, 0.29) is 17.3 Å². The van der Waals surface area contributed by atoms with Crippen LogP contribution in [0.15, 0.2) is 0 Å². The van der Waals surface area contributed by atoms with Crippen LogP contribution in [0.4, 0.5) is 0 Å². The van der Waals surface area contributed by atoms with E-state index in [1.807, 2.05) is 0 Å². The summed E-state index contributed by atoms with van der Waals surface area (Å²) in [6.45, 7) is 0. The Morgan fingerprint density at radius 1 is 1.67 bits per heavy atom. The molecule has 0 aromatic heterocycles. The molecule has 3 saturated carbocycles. The number of carbonyl (C=O) groups excluding carboxylic acids is 1. The maximum absolute atomic E-state index is 11.4. The van der Waals surface area contributed by atoms with Crippen LogP contribution in [0, 0.1) is 17.3 Å². The van der Waals surface area contributed by atoms with E-state index >= 15 is 0 Å². The quantitative estimate of drug-likeness (QED) is 0.538. The zero-order valence-corrected chi connectivity index (χ0v) is 8.76. The molecular weight excluding hydrogens is 220 g/mol. The Balaban J connectivity index is 2.12. The summed E-state index contributed by atoms with van der Waals surface area (Å²) in [4.78, 5) is 11.4. The van der Waals surface area contributed by atoms with Crippen LogP contribution in [0.3, 0.4) is 0 Å². The third kappa shape index (κ3) is 0.951. The van der Waals surface area contributed by atoms with Gasteiger partial charge in [0.25, 0.3) is 0 Å². The van der Waals surface area contributed by atoms with Crippen LogP contribution in [0.5, 0.6) is 0 Å². The molecule has 2 nitrogen and oxygen atoms in total. The van der Waals surface area contributed by atoms with Crippen molar-refractivity contribution in [3.05, 3.63) is 0 Å². The molecule has 0 heterocycles. The number of halogens is 1. The van der Waals surface area contributed by atoms with Gasteiger partial charge in [0, 0.05) is 5.33 Å². The Hall–Kier alpha value is -0.0500. The summed E-state index contributed by atoms with van der Waals surface area (Å²) < 4.78 is 4.80. The van der Waals surface area contributed by atoms with Gasteiger partial charge >= 0.3 is 5.97 Å². The van der Waals surface area contributed by atoms with Gasteiger partial charge in [-0.2, -0.15) is 0 Å². The molecule has 1 atom stereocenters. The van der Waals surface area contributed by atoms with Crippen molar-refractivity contribution < 1.29 is 9.53 Å². The lowest BCUT2D eigenvalue weighted by molar-refractivity contribution is -0.148. The van der Waals surface area contributed by atoms with E-state index in [1.165, 1.54) is 20.0 Å². The monoisotopic (exact) mass is 232 g/mol. The Labute approximate surface area is 80.8 Å². The topological polar surface area (TPSA) is 26.3 Å². The normalized spacial score (nSPS) is 43.8. The van der Waals surface area contributed by atoms with Crippen LogP contribution in [0.25, 0.3) is 0 Å². The van der Waals surface area contributed by atoms with E-state index in [9.17, 15) is 4.79 Å². The summed E-state index contributed by atoms with van der Waals surface area (Å²) in [5, 5.41) is 0.955. The summed E-state index contributed by atoms with van der Waals surface area (Å²) in [5.41, 5.74) is 0.262. The lowest BCUT2D eigenvalue weighted by atomic mass is 9.68. The standard InChI is InChI=1S/C9H13BrO2/c1-12-8(11)7-2-6-3-9(7,4-6)5-10/h6-7H,2-5H2,1H3. The average molecular weight is 233 g/mol. The first-order chi connectivity index (χ1) is 5.72. The molecule has 0 aromatic carbocycles. The highest BCUT2D eigenvalue weighted by molar-refractivity contribution is 9.09. The SMILES string of the molecule is COC(=O)C1CC2CC1(CBr)C2. The minimum Gasteiger partial charge on any atom is -0.469 e. The van der Waals surface area contributed by atoms with E-state index in [4.69, 9.17) is 4.74 Å². The second-order valence-electron chi connectivity index (χ2n) is 4.08. The summed E-state index contributed by atoms with van der Waals surface area (Å²) in [7, 11) is 1.49. The highest BCUT2D eigenvalue weighted by atomic mass is 79.9. The van der Waals surface area contributed by atoms with Crippen LogP contribution in [0.1, 0.15) is 19.3 Å². The predicted octanol–water partition coefficient (Wildman–Crippen LogP) is 1.97. The van der Waals surface area contributed by atoms with Crippen LogP contribution < -0.4 is 0 Å². The fourth-order valence-corrected chi connectivity index (χ4v) is 3.66. The second kappa shape index (κ2) is 2.72. The number of ether oxygens (including phenoxy) is 1. The van der Waals surface area contributed by atoms with Gasteiger partial charge in [-0.25, -0.2) is 0 Å². The van der Waals surface area contributed by atoms with E-state index in [0.717, 1.165) is 17.7 Å². The first-order valence-corrected chi connectivity index (χ1v) is 5.48. The van der Waals surface area contributed by atoms with Gasteiger partial charge in [-0.3, -0.25) is 4.79 Å². The number of esters is 1. The number of methoxy groups -OCH3 is 1. The number of carbonyl (C=O) groups is 1. The van der Waals surface area contributed by atoms with E-state index in [1.54, 1.807) is 0 Å². The highest BCUT2D eigenvalue weighted by Gasteiger charge is 2.59. The molecule has 68 valence electrons. The van der Waals surface area contributed by atoms with Crippen molar-refractivity contribution in [2.45, 2.75) is 19.3 Å². The molecule has 0 aromatic rings. The molecule has 0 saturated heterocycles.